The van der Waals surface area contributed by atoms with Crippen LogP contribution in [0.15, 0.2) is 10.4 Å². The van der Waals surface area contributed by atoms with Crippen LogP contribution in [-0.4, -0.2) is 36.7 Å². The van der Waals surface area contributed by atoms with Crippen LogP contribution in [0, 0.1) is 12.3 Å². The highest BCUT2D eigenvalue weighted by Crippen LogP contribution is 2.53. The Balaban J connectivity index is 0.00000225. The van der Waals surface area contributed by atoms with Crippen molar-refractivity contribution in [1.29, 1.82) is 0 Å². The van der Waals surface area contributed by atoms with Gasteiger partial charge in [-0.15, -0.1) is 35.3 Å². The van der Waals surface area contributed by atoms with Gasteiger partial charge < -0.3 is 15.4 Å². The number of nitrogens with one attached hydrogen (secondary N) is 2. The topological polar surface area (TPSA) is 58.5 Å². The van der Waals surface area contributed by atoms with Gasteiger partial charge in [-0.05, 0) is 33.1 Å². The van der Waals surface area contributed by atoms with E-state index in [1.165, 1.54) is 32.1 Å². The van der Waals surface area contributed by atoms with Crippen LogP contribution in [-0.2, 0) is 11.3 Å². The van der Waals surface area contributed by atoms with Crippen molar-refractivity contribution in [3.8, 4) is 0 Å². The molecule has 0 bridgehead atoms. The maximum Gasteiger partial charge on any atom is 0.191 e. The van der Waals surface area contributed by atoms with E-state index in [0.717, 1.165) is 36.2 Å². The molecule has 142 valence electrons. The number of aryl methyl sites for hydroxylation is 1. The molecule has 25 heavy (non-hydrogen) atoms. The van der Waals surface area contributed by atoms with Crippen molar-refractivity contribution in [2.24, 2.45) is 10.4 Å². The summed E-state index contributed by atoms with van der Waals surface area (Å²) in [5.74, 6) is 0.882. The van der Waals surface area contributed by atoms with Gasteiger partial charge in [0.1, 0.15) is 5.01 Å². The predicted octanol–water partition coefficient (Wildman–Crippen LogP) is 3.86. The van der Waals surface area contributed by atoms with E-state index in [-0.39, 0.29) is 24.0 Å². The summed E-state index contributed by atoms with van der Waals surface area (Å²) in [6.45, 7) is 5.68. The van der Waals surface area contributed by atoms with E-state index in [1.807, 2.05) is 14.0 Å². The van der Waals surface area contributed by atoms with E-state index in [4.69, 9.17) is 4.74 Å². The summed E-state index contributed by atoms with van der Waals surface area (Å²) in [4.78, 5) is 8.91. The summed E-state index contributed by atoms with van der Waals surface area (Å²) in [5.41, 5.74) is 1.39. The third-order valence-corrected chi connectivity index (χ3v) is 6.51. The third kappa shape index (κ3) is 4.66. The highest BCUT2D eigenvalue weighted by atomic mass is 127. The summed E-state index contributed by atoms with van der Waals surface area (Å²) in [5, 5.41) is 10.3. The quantitative estimate of drug-likeness (QED) is 0.384. The second kappa shape index (κ2) is 9.50. The minimum atomic E-state index is 0. The van der Waals surface area contributed by atoms with Gasteiger partial charge in [0.2, 0.25) is 0 Å². The lowest BCUT2D eigenvalue weighted by Gasteiger charge is -2.57. The molecule has 2 unspecified atom stereocenters. The van der Waals surface area contributed by atoms with E-state index in [1.54, 1.807) is 11.3 Å². The van der Waals surface area contributed by atoms with Crippen molar-refractivity contribution in [1.82, 2.24) is 15.6 Å². The highest BCUT2D eigenvalue weighted by molar-refractivity contribution is 14.0. The Morgan fingerprint density at radius 1 is 1.40 bits per heavy atom. The number of nitrogens with zero attached hydrogens (tertiary/aromatic N) is 2. The third-order valence-electron chi connectivity index (χ3n) is 5.55. The lowest BCUT2D eigenvalue weighted by atomic mass is 9.55. The molecule has 3 rings (SSSR count). The van der Waals surface area contributed by atoms with E-state index < -0.39 is 0 Å². The van der Waals surface area contributed by atoms with Crippen molar-refractivity contribution in [2.75, 3.05) is 13.7 Å². The maximum atomic E-state index is 6.04. The Morgan fingerprint density at radius 3 is 2.76 bits per heavy atom. The Morgan fingerprint density at radius 2 is 2.16 bits per heavy atom. The maximum absolute atomic E-state index is 6.04. The van der Waals surface area contributed by atoms with E-state index in [0.29, 0.717) is 17.6 Å². The van der Waals surface area contributed by atoms with Crippen LogP contribution < -0.4 is 10.6 Å². The Hall–Kier alpha value is -0.410. The lowest BCUT2D eigenvalue weighted by Crippen LogP contribution is -2.66. The van der Waals surface area contributed by atoms with Gasteiger partial charge in [0, 0.05) is 36.2 Å². The summed E-state index contributed by atoms with van der Waals surface area (Å²) in [7, 11) is 1.84. The fourth-order valence-electron chi connectivity index (χ4n) is 4.27. The molecule has 2 saturated carbocycles. The van der Waals surface area contributed by atoms with Gasteiger partial charge in [-0.1, -0.05) is 19.3 Å². The van der Waals surface area contributed by atoms with Gasteiger partial charge in [-0.3, -0.25) is 4.99 Å². The van der Waals surface area contributed by atoms with Crippen molar-refractivity contribution >= 4 is 41.3 Å². The van der Waals surface area contributed by atoms with E-state index in [9.17, 15) is 0 Å². The van der Waals surface area contributed by atoms with Crippen molar-refractivity contribution in [2.45, 2.75) is 71.1 Å². The zero-order chi connectivity index (χ0) is 17.0. The molecule has 0 aliphatic heterocycles. The van der Waals surface area contributed by atoms with Crippen LogP contribution >= 0.6 is 35.3 Å². The molecule has 1 aromatic rings. The molecule has 1 aromatic heterocycles. The summed E-state index contributed by atoms with van der Waals surface area (Å²) in [6.07, 6.45) is 8.07. The molecule has 0 amide bonds. The standard InChI is InChI=1S/C18H30N4OS.HI/c1-4-23-15-10-14(18(15)8-6-5-7-9-18)22-17(19-3)20-11-16-21-13(2)12-24-16;/h12,14-15H,4-11H2,1-3H3,(H2,19,20,22);1H. The van der Waals surface area contributed by atoms with Gasteiger partial charge in [0.05, 0.1) is 12.6 Å². The first-order chi connectivity index (χ1) is 11.7. The minimum absolute atomic E-state index is 0. The second-order valence-electron chi connectivity index (χ2n) is 6.98. The molecular weight excluding hydrogens is 447 g/mol. The Kier molecular flexibility index (Phi) is 7.94. The predicted molar refractivity (Wildman–Crippen MR) is 115 cm³/mol. The average molecular weight is 478 g/mol. The number of hydrogen-bond acceptors (Lipinski definition) is 4. The summed E-state index contributed by atoms with van der Waals surface area (Å²) >= 11 is 1.69. The largest absolute Gasteiger partial charge is 0.378 e. The molecule has 0 saturated heterocycles. The zero-order valence-electron chi connectivity index (χ0n) is 15.5. The Labute approximate surface area is 172 Å². The van der Waals surface area contributed by atoms with Gasteiger partial charge in [0.15, 0.2) is 5.96 Å². The first-order valence-corrected chi connectivity index (χ1v) is 10.1. The SMILES string of the molecule is CCOC1CC(NC(=NC)NCc2nc(C)cs2)C12CCCCC2.I. The monoisotopic (exact) mass is 478 g/mol. The first kappa shape index (κ1) is 20.9. The number of aromatic nitrogens is 1. The van der Waals surface area contributed by atoms with Crippen molar-refractivity contribution < 1.29 is 4.74 Å². The van der Waals surface area contributed by atoms with E-state index >= 15 is 0 Å². The fourth-order valence-corrected chi connectivity index (χ4v) is 4.98. The molecule has 1 spiro atoms. The van der Waals surface area contributed by atoms with Gasteiger partial charge in [-0.25, -0.2) is 4.98 Å². The molecule has 2 atom stereocenters. The van der Waals surface area contributed by atoms with Crippen LogP contribution in [0.1, 0.15) is 56.2 Å². The molecule has 0 aromatic carbocycles. The number of hydrogen-bond donors (Lipinski definition) is 2. The average Bonchev–Trinajstić information content (AvgIpc) is 3.03. The normalized spacial score (nSPS) is 25.2. The minimum Gasteiger partial charge on any atom is -0.378 e. The molecule has 1 heterocycles. The number of halogens is 1. The second-order valence-corrected chi connectivity index (χ2v) is 7.92. The first-order valence-electron chi connectivity index (χ1n) is 9.17. The summed E-state index contributed by atoms with van der Waals surface area (Å²) < 4.78 is 6.04. The van der Waals surface area contributed by atoms with Gasteiger partial charge >= 0.3 is 0 Å². The summed E-state index contributed by atoms with van der Waals surface area (Å²) in [6, 6.07) is 0.471. The van der Waals surface area contributed by atoms with Crippen molar-refractivity contribution in [3.05, 3.63) is 16.1 Å². The van der Waals surface area contributed by atoms with Crippen molar-refractivity contribution in [3.63, 3.8) is 0 Å². The number of thiazole rings is 1. The fraction of sp³-hybridized carbons (Fsp3) is 0.778. The zero-order valence-corrected chi connectivity index (χ0v) is 18.7. The number of guanidine groups is 1. The van der Waals surface area contributed by atoms with Crippen LogP contribution in [0.2, 0.25) is 0 Å². The van der Waals surface area contributed by atoms with Crippen LogP contribution in [0.4, 0.5) is 0 Å². The molecule has 2 fully saturated rings. The number of aliphatic imine (C=N–C) groups is 1. The lowest BCUT2D eigenvalue weighted by molar-refractivity contribution is -0.145. The van der Waals surface area contributed by atoms with Crippen LogP contribution in [0.5, 0.6) is 0 Å². The molecule has 7 heteroatoms. The van der Waals surface area contributed by atoms with Crippen LogP contribution in [0.25, 0.3) is 0 Å². The molecule has 5 nitrogen and oxygen atoms in total. The molecule has 0 radical (unpaired) electrons. The number of rotatable bonds is 5. The highest BCUT2D eigenvalue weighted by Gasteiger charge is 2.55. The van der Waals surface area contributed by atoms with Crippen LogP contribution in [0.3, 0.4) is 0 Å². The number of ether oxygens (including phenoxy) is 1. The smallest absolute Gasteiger partial charge is 0.191 e. The molecular formula is C18H31IN4OS. The van der Waals surface area contributed by atoms with E-state index in [2.05, 4.69) is 32.9 Å². The van der Waals surface area contributed by atoms with Gasteiger partial charge in [0.25, 0.3) is 0 Å². The Bertz CT molecular complexity index is 571. The van der Waals surface area contributed by atoms with Gasteiger partial charge in [-0.2, -0.15) is 0 Å². The molecule has 2 aliphatic carbocycles. The molecule has 2 N–H and O–H groups in total. The molecule has 2 aliphatic rings.